The number of anilines is 1. The quantitative estimate of drug-likeness (QED) is 0.858. The molecule has 0 fully saturated rings. The lowest BCUT2D eigenvalue weighted by Gasteiger charge is -2.11. The Labute approximate surface area is 119 Å². The highest BCUT2D eigenvalue weighted by molar-refractivity contribution is 9.10. The van der Waals surface area contributed by atoms with E-state index in [0.29, 0.717) is 11.7 Å². The van der Waals surface area contributed by atoms with Gasteiger partial charge in [0.2, 0.25) is 0 Å². The minimum Gasteiger partial charge on any atom is -0.496 e. The van der Waals surface area contributed by atoms with Gasteiger partial charge in [0, 0.05) is 22.8 Å². The molecule has 0 saturated heterocycles. The summed E-state index contributed by atoms with van der Waals surface area (Å²) in [7, 11) is 1.66. The zero-order valence-electron chi connectivity index (χ0n) is 9.78. The first-order valence-electron chi connectivity index (χ1n) is 5.37. The Morgan fingerprint density at radius 1 is 1.39 bits per heavy atom. The summed E-state index contributed by atoms with van der Waals surface area (Å²) in [6.45, 7) is 0.627. The SMILES string of the molecule is COc1ccccc1CNc1cc(Br)cnc1Cl. The minimum absolute atomic E-state index is 0.452. The number of para-hydroxylation sites is 1. The summed E-state index contributed by atoms with van der Waals surface area (Å²) in [5.74, 6) is 0.851. The summed E-state index contributed by atoms with van der Waals surface area (Å²) in [5, 5.41) is 3.69. The third kappa shape index (κ3) is 3.15. The molecule has 1 heterocycles. The summed E-state index contributed by atoms with van der Waals surface area (Å²) < 4.78 is 6.17. The van der Waals surface area contributed by atoms with Gasteiger partial charge in [-0.2, -0.15) is 0 Å². The topological polar surface area (TPSA) is 34.1 Å². The first-order chi connectivity index (χ1) is 8.70. The van der Waals surface area contributed by atoms with Crippen molar-refractivity contribution in [2.45, 2.75) is 6.54 Å². The Hall–Kier alpha value is -1.26. The number of rotatable bonds is 4. The van der Waals surface area contributed by atoms with Crippen molar-refractivity contribution in [2.24, 2.45) is 0 Å². The fourth-order valence-electron chi connectivity index (χ4n) is 1.59. The first-order valence-corrected chi connectivity index (χ1v) is 6.54. The molecule has 1 N–H and O–H groups in total. The monoisotopic (exact) mass is 326 g/mol. The van der Waals surface area contributed by atoms with Crippen LogP contribution in [-0.4, -0.2) is 12.1 Å². The van der Waals surface area contributed by atoms with Crippen molar-refractivity contribution < 1.29 is 4.74 Å². The third-order valence-corrected chi connectivity index (χ3v) is 3.20. The molecule has 0 aliphatic rings. The van der Waals surface area contributed by atoms with Gasteiger partial charge in [0.05, 0.1) is 12.8 Å². The standard InChI is InChI=1S/C13H12BrClN2O/c1-18-12-5-3-2-4-9(12)7-16-11-6-10(14)8-17-13(11)15/h2-6,8,16H,7H2,1H3. The van der Waals surface area contributed by atoms with Crippen molar-refractivity contribution in [1.82, 2.24) is 4.98 Å². The van der Waals surface area contributed by atoms with Crippen molar-refractivity contribution in [3.63, 3.8) is 0 Å². The van der Waals surface area contributed by atoms with Gasteiger partial charge in [0.15, 0.2) is 5.15 Å². The predicted octanol–water partition coefficient (Wildman–Crippen LogP) is 4.12. The number of methoxy groups -OCH3 is 1. The molecule has 2 aromatic rings. The van der Waals surface area contributed by atoms with Crippen LogP contribution in [0.15, 0.2) is 41.0 Å². The number of hydrogen-bond donors (Lipinski definition) is 1. The molecule has 94 valence electrons. The Morgan fingerprint density at radius 3 is 2.94 bits per heavy atom. The Bertz CT molecular complexity index is 548. The van der Waals surface area contributed by atoms with Gasteiger partial charge >= 0.3 is 0 Å². The van der Waals surface area contributed by atoms with Crippen LogP contribution in [0.3, 0.4) is 0 Å². The van der Waals surface area contributed by atoms with Crippen LogP contribution in [0.2, 0.25) is 5.15 Å². The lowest BCUT2D eigenvalue weighted by molar-refractivity contribution is 0.410. The van der Waals surface area contributed by atoms with Crippen LogP contribution >= 0.6 is 27.5 Å². The van der Waals surface area contributed by atoms with Crippen molar-refractivity contribution in [3.05, 3.63) is 51.7 Å². The van der Waals surface area contributed by atoms with E-state index in [1.165, 1.54) is 0 Å². The van der Waals surface area contributed by atoms with E-state index in [1.807, 2.05) is 30.3 Å². The molecule has 1 aromatic carbocycles. The number of aromatic nitrogens is 1. The van der Waals surface area contributed by atoms with Crippen LogP contribution in [0.5, 0.6) is 5.75 Å². The molecular weight excluding hydrogens is 316 g/mol. The summed E-state index contributed by atoms with van der Waals surface area (Å²) in [4.78, 5) is 4.06. The smallest absolute Gasteiger partial charge is 0.152 e. The molecule has 0 atom stereocenters. The van der Waals surface area contributed by atoms with Crippen LogP contribution in [0.1, 0.15) is 5.56 Å². The summed E-state index contributed by atoms with van der Waals surface area (Å²) in [6.07, 6.45) is 1.66. The molecule has 0 bridgehead atoms. The normalized spacial score (nSPS) is 10.2. The Morgan fingerprint density at radius 2 is 2.17 bits per heavy atom. The van der Waals surface area contributed by atoms with Crippen molar-refractivity contribution in [3.8, 4) is 5.75 Å². The lowest BCUT2D eigenvalue weighted by Crippen LogP contribution is -2.02. The lowest BCUT2D eigenvalue weighted by atomic mass is 10.2. The predicted molar refractivity (Wildman–Crippen MR) is 77.3 cm³/mol. The van der Waals surface area contributed by atoms with E-state index in [-0.39, 0.29) is 0 Å². The zero-order valence-corrected chi connectivity index (χ0v) is 12.1. The second kappa shape index (κ2) is 6.07. The van der Waals surface area contributed by atoms with Gasteiger partial charge in [-0.25, -0.2) is 4.98 Å². The largest absolute Gasteiger partial charge is 0.496 e. The molecule has 5 heteroatoms. The summed E-state index contributed by atoms with van der Waals surface area (Å²) >= 11 is 9.38. The second-order valence-corrected chi connectivity index (χ2v) is 4.93. The Balaban J connectivity index is 2.14. The van der Waals surface area contributed by atoms with Gasteiger partial charge < -0.3 is 10.1 Å². The number of pyridine rings is 1. The molecule has 0 radical (unpaired) electrons. The molecule has 0 aliphatic carbocycles. The molecule has 0 spiro atoms. The van der Waals surface area contributed by atoms with E-state index < -0.39 is 0 Å². The molecular formula is C13H12BrClN2O. The number of ether oxygens (including phenoxy) is 1. The molecule has 0 unspecified atom stereocenters. The van der Waals surface area contributed by atoms with E-state index in [2.05, 4.69) is 26.2 Å². The van der Waals surface area contributed by atoms with Gasteiger partial charge in [-0.15, -0.1) is 0 Å². The van der Waals surface area contributed by atoms with Gasteiger partial charge in [-0.1, -0.05) is 29.8 Å². The number of halogens is 2. The number of hydrogen-bond acceptors (Lipinski definition) is 3. The maximum absolute atomic E-state index is 6.01. The van der Waals surface area contributed by atoms with Crippen molar-refractivity contribution in [2.75, 3.05) is 12.4 Å². The summed E-state index contributed by atoms with van der Waals surface area (Å²) in [5.41, 5.74) is 1.85. The zero-order chi connectivity index (χ0) is 13.0. The van der Waals surface area contributed by atoms with Crippen LogP contribution < -0.4 is 10.1 Å². The van der Waals surface area contributed by atoms with Gasteiger partial charge in [0.25, 0.3) is 0 Å². The molecule has 0 aliphatic heterocycles. The molecule has 0 saturated carbocycles. The highest BCUT2D eigenvalue weighted by atomic mass is 79.9. The van der Waals surface area contributed by atoms with Crippen LogP contribution in [0.25, 0.3) is 0 Å². The van der Waals surface area contributed by atoms with E-state index >= 15 is 0 Å². The maximum Gasteiger partial charge on any atom is 0.152 e. The van der Waals surface area contributed by atoms with E-state index in [4.69, 9.17) is 16.3 Å². The maximum atomic E-state index is 6.01. The Kier molecular flexibility index (Phi) is 4.44. The fourth-order valence-corrected chi connectivity index (χ4v) is 2.09. The van der Waals surface area contributed by atoms with Gasteiger partial charge in [-0.3, -0.25) is 0 Å². The van der Waals surface area contributed by atoms with Crippen molar-refractivity contribution in [1.29, 1.82) is 0 Å². The van der Waals surface area contributed by atoms with E-state index in [0.717, 1.165) is 21.5 Å². The van der Waals surface area contributed by atoms with E-state index in [9.17, 15) is 0 Å². The third-order valence-electron chi connectivity index (χ3n) is 2.47. The second-order valence-electron chi connectivity index (χ2n) is 3.66. The molecule has 3 nitrogen and oxygen atoms in total. The fraction of sp³-hybridized carbons (Fsp3) is 0.154. The molecule has 18 heavy (non-hydrogen) atoms. The highest BCUT2D eigenvalue weighted by Crippen LogP contribution is 2.25. The number of nitrogens with one attached hydrogen (secondary N) is 1. The number of benzene rings is 1. The van der Waals surface area contributed by atoms with E-state index in [1.54, 1.807) is 13.3 Å². The molecule has 0 amide bonds. The average Bonchev–Trinajstić information content (AvgIpc) is 2.40. The summed E-state index contributed by atoms with van der Waals surface area (Å²) in [6, 6.07) is 9.74. The minimum atomic E-state index is 0.452. The van der Waals surface area contributed by atoms with Gasteiger partial charge in [-0.05, 0) is 28.1 Å². The van der Waals surface area contributed by atoms with Crippen molar-refractivity contribution >= 4 is 33.2 Å². The number of nitrogens with zero attached hydrogens (tertiary/aromatic N) is 1. The van der Waals surface area contributed by atoms with Crippen LogP contribution in [0.4, 0.5) is 5.69 Å². The molecule has 2 rings (SSSR count). The highest BCUT2D eigenvalue weighted by Gasteiger charge is 2.05. The average molecular weight is 328 g/mol. The van der Waals surface area contributed by atoms with Crippen LogP contribution in [-0.2, 0) is 6.54 Å². The van der Waals surface area contributed by atoms with Crippen LogP contribution in [0, 0.1) is 0 Å². The molecule has 1 aromatic heterocycles. The first kappa shape index (κ1) is 13.2. The van der Waals surface area contributed by atoms with Gasteiger partial charge in [0.1, 0.15) is 5.75 Å².